The summed E-state index contributed by atoms with van der Waals surface area (Å²) in [7, 11) is 0. The van der Waals surface area contributed by atoms with Gasteiger partial charge in [0.15, 0.2) is 0 Å². The van der Waals surface area contributed by atoms with E-state index in [1.165, 1.54) is 11.1 Å². The van der Waals surface area contributed by atoms with Crippen LogP contribution in [0.25, 0.3) is 5.52 Å². The first-order chi connectivity index (χ1) is 9.59. The summed E-state index contributed by atoms with van der Waals surface area (Å²) >= 11 is 0. The Kier molecular flexibility index (Phi) is 2.93. The number of amides is 1. The molecule has 2 unspecified atom stereocenters. The van der Waals surface area contributed by atoms with Crippen LogP contribution >= 0.6 is 0 Å². The number of carboxylic acids is 1. The van der Waals surface area contributed by atoms with Gasteiger partial charge in [0, 0.05) is 12.7 Å². The Morgan fingerprint density at radius 3 is 2.95 bits per heavy atom. The lowest BCUT2D eigenvalue weighted by Crippen LogP contribution is -2.42. The van der Waals surface area contributed by atoms with Gasteiger partial charge in [0.25, 0.3) is 5.91 Å². The number of likely N-dealkylation sites (tertiary alicyclic amines) is 1. The van der Waals surface area contributed by atoms with Crippen molar-refractivity contribution in [1.29, 1.82) is 0 Å². The SMILES string of the molecule is CC1CCN(C(=O)c2cnn3ccccc23)C1C(=O)O. The molecule has 104 valence electrons. The van der Waals surface area contributed by atoms with Crippen LogP contribution in [-0.2, 0) is 4.79 Å². The lowest BCUT2D eigenvalue weighted by atomic mass is 10.0. The van der Waals surface area contributed by atoms with Gasteiger partial charge >= 0.3 is 5.97 Å². The Balaban J connectivity index is 1.98. The fourth-order valence-corrected chi connectivity index (χ4v) is 2.81. The fourth-order valence-electron chi connectivity index (χ4n) is 2.81. The zero-order valence-corrected chi connectivity index (χ0v) is 11.1. The quantitative estimate of drug-likeness (QED) is 0.894. The first-order valence-corrected chi connectivity index (χ1v) is 6.55. The van der Waals surface area contributed by atoms with Gasteiger partial charge in [-0.3, -0.25) is 4.79 Å². The normalized spacial score (nSPS) is 22.4. The Morgan fingerprint density at radius 1 is 1.40 bits per heavy atom. The molecule has 0 aromatic carbocycles. The highest BCUT2D eigenvalue weighted by Crippen LogP contribution is 2.26. The summed E-state index contributed by atoms with van der Waals surface area (Å²) in [4.78, 5) is 25.4. The van der Waals surface area contributed by atoms with Crippen molar-refractivity contribution in [3.63, 3.8) is 0 Å². The van der Waals surface area contributed by atoms with E-state index in [1.807, 2.05) is 19.1 Å². The summed E-state index contributed by atoms with van der Waals surface area (Å²) in [6, 6.07) is 4.71. The molecule has 1 amide bonds. The molecular formula is C14H15N3O3. The summed E-state index contributed by atoms with van der Waals surface area (Å²) in [5, 5.41) is 13.4. The van der Waals surface area contributed by atoms with E-state index < -0.39 is 12.0 Å². The largest absolute Gasteiger partial charge is 0.480 e. The van der Waals surface area contributed by atoms with E-state index in [1.54, 1.807) is 16.8 Å². The lowest BCUT2D eigenvalue weighted by Gasteiger charge is -2.22. The first-order valence-electron chi connectivity index (χ1n) is 6.55. The van der Waals surface area contributed by atoms with Gasteiger partial charge in [0.1, 0.15) is 6.04 Å². The number of pyridine rings is 1. The van der Waals surface area contributed by atoms with Crippen molar-refractivity contribution in [2.45, 2.75) is 19.4 Å². The second-order valence-electron chi connectivity index (χ2n) is 5.14. The van der Waals surface area contributed by atoms with Crippen LogP contribution in [0.1, 0.15) is 23.7 Å². The molecule has 0 bridgehead atoms. The molecule has 3 rings (SSSR count). The van der Waals surface area contributed by atoms with E-state index in [0.717, 1.165) is 0 Å². The Bertz CT molecular complexity index is 679. The minimum absolute atomic E-state index is 0.0294. The number of hydrogen-bond donors (Lipinski definition) is 1. The number of carbonyl (C=O) groups excluding carboxylic acids is 1. The van der Waals surface area contributed by atoms with Crippen LogP contribution in [0.2, 0.25) is 0 Å². The number of aromatic nitrogens is 2. The van der Waals surface area contributed by atoms with Crippen molar-refractivity contribution < 1.29 is 14.7 Å². The molecule has 2 aromatic rings. The van der Waals surface area contributed by atoms with Gasteiger partial charge in [-0.2, -0.15) is 5.10 Å². The Hall–Kier alpha value is -2.37. The van der Waals surface area contributed by atoms with Crippen LogP contribution in [0.15, 0.2) is 30.6 Å². The Morgan fingerprint density at radius 2 is 2.20 bits per heavy atom. The molecule has 0 aliphatic carbocycles. The van der Waals surface area contributed by atoms with Crippen molar-refractivity contribution in [3.05, 3.63) is 36.2 Å². The number of carboxylic acid groups (broad SMARTS) is 1. The number of nitrogens with zero attached hydrogens (tertiary/aromatic N) is 3. The van der Waals surface area contributed by atoms with Gasteiger partial charge in [-0.15, -0.1) is 0 Å². The lowest BCUT2D eigenvalue weighted by molar-refractivity contribution is -0.142. The van der Waals surface area contributed by atoms with Crippen LogP contribution in [0, 0.1) is 5.92 Å². The number of aliphatic carboxylic acids is 1. The van der Waals surface area contributed by atoms with Crippen molar-refractivity contribution >= 4 is 17.4 Å². The standard InChI is InChI=1S/C14H15N3O3/c1-9-5-7-16(12(9)14(19)20)13(18)10-8-15-17-6-3-2-4-11(10)17/h2-4,6,8-9,12H,5,7H2,1H3,(H,19,20). The predicted molar refractivity (Wildman–Crippen MR) is 71.4 cm³/mol. The highest BCUT2D eigenvalue weighted by atomic mass is 16.4. The van der Waals surface area contributed by atoms with Crippen molar-refractivity contribution in [2.75, 3.05) is 6.54 Å². The van der Waals surface area contributed by atoms with E-state index in [-0.39, 0.29) is 11.8 Å². The zero-order valence-electron chi connectivity index (χ0n) is 11.1. The van der Waals surface area contributed by atoms with Crippen LogP contribution in [0.5, 0.6) is 0 Å². The summed E-state index contributed by atoms with van der Waals surface area (Å²) in [5.41, 5.74) is 1.15. The number of rotatable bonds is 2. The molecule has 1 fully saturated rings. The molecular weight excluding hydrogens is 258 g/mol. The van der Waals surface area contributed by atoms with E-state index in [0.29, 0.717) is 24.0 Å². The molecule has 3 heterocycles. The van der Waals surface area contributed by atoms with Gasteiger partial charge in [-0.05, 0) is 24.5 Å². The molecule has 6 nitrogen and oxygen atoms in total. The van der Waals surface area contributed by atoms with Gasteiger partial charge < -0.3 is 10.0 Å². The molecule has 1 aliphatic heterocycles. The number of hydrogen-bond acceptors (Lipinski definition) is 3. The smallest absolute Gasteiger partial charge is 0.326 e. The van der Waals surface area contributed by atoms with E-state index in [2.05, 4.69) is 5.10 Å². The molecule has 20 heavy (non-hydrogen) atoms. The van der Waals surface area contributed by atoms with Crippen LogP contribution in [0.4, 0.5) is 0 Å². The third kappa shape index (κ3) is 1.84. The number of carbonyl (C=O) groups is 2. The topological polar surface area (TPSA) is 74.9 Å². The van der Waals surface area contributed by atoms with Crippen molar-refractivity contribution in [3.8, 4) is 0 Å². The molecule has 1 aliphatic rings. The summed E-state index contributed by atoms with van der Waals surface area (Å²) in [6.07, 6.45) is 3.97. The molecule has 0 radical (unpaired) electrons. The van der Waals surface area contributed by atoms with Crippen molar-refractivity contribution in [1.82, 2.24) is 14.5 Å². The van der Waals surface area contributed by atoms with Gasteiger partial charge in [0.2, 0.25) is 0 Å². The average Bonchev–Trinajstić information content (AvgIpc) is 3.01. The monoisotopic (exact) mass is 273 g/mol. The van der Waals surface area contributed by atoms with Gasteiger partial charge in [-0.1, -0.05) is 13.0 Å². The summed E-state index contributed by atoms with van der Waals surface area (Å²) < 4.78 is 1.61. The van der Waals surface area contributed by atoms with Crippen LogP contribution in [0.3, 0.4) is 0 Å². The second-order valence-corrected chi connectivity index (χ2v) is 5.14. The molecule has 1 N–H and O–H groups in total. The third-order valence-electron chi connectivity index (χ3n) is 3.87. The number of fused-ring (bicyclic) bond motifs is 1. The highest BCUT2D eigenvalue weighted by molar-refractivity contribution is 6.02. The molecule has 2 atom stereocenters. The average molecular weight is 273 g/mol. The van der Waals surface area contributed by atoms with Crippen LogP contribution < -0.4 is 0 Å². The van der Waals surface area contributed by atoms with Gasteiger partial charge in [-0.25, -0.2) is 9.31 Å². The molecule has 2 aromatic heterocycles. The zero-order chi connectivity index (χ0) is 14.3. The summed E-state index contributed by atoms with van der Waals surface area (Å²) in [5.74, 6) is -1.24. The van der Waals surface area contributed by atoms with E-state index in [4.69, 9.17) is 0 Å². The molecule has 0 spiro atoms. The predicted octanol–water partition coefficient (Wildman–Crippen LogP) is 1.27. The first kappa shape index (κ1) is 12.7. The summed E-state index contributed by atoms with van der Waals surface area (Å²) in [6.45, 7) is 2.34. The second kappa shape index (κ2) is 4.63. The minimum Gasteiger partial charge on any atom is -0.480 e. The molecule has 0 saturated carbocycles. The van der Waals surface area contributed by atoms with Gasteiger partial charge in [0.05, 0.1) is 17.3 Å². The molecule has 1 saturated heterocycles. The van der Waals surface area contributed by atoms with E-state index in [9.17, 15) is 14.7 Å². The van der Waals surface area contributed by atoms with E-state index >= 15 is 0 Å². The maximum Gasteiger partial charge on any atom is 0.326 e. The maximum atomic E-state index is 12.6. The fraction of sp³-hybridized carbons (Fsp3) is 0.357. The highest BCUT2D eigenvalue weighted by Gasteiger charge is 2.40. The van der Waals surface area contributed by atoms with Crippen LogP contribution in [-0.4, -0.2) is 44.1 Å². The third-order valence-corrected chi connectivity index (χ3v) is 3.87. The molecule has 6 heteroatoms. The minimum atomic E-state index is -0.945. The van der Waals surface area contributed by atoms with Crippen molar-refractivity contribution in [2.24, 2.45) is 5.92 Å². The maximum absolute atomic E-state index is 12.6. The Labute approximate surface area is 115 Å².